The van der Waals surface area contributed by atoms with Gasteiger partial charge in [-0.2, -0.15) is 5.10 Å². The SMILES string of the molecule is CC1(O)CN(c2cc3c(cc2NC(=O)c2cnn4cccnc24)CC(C)(C)O3)C1. The number of amides is 1. The predicted molar refractivity (Wildman–Crippen MR) is 109 cm³/mol. The third kappa shape index (κ3) is 3.09. The minimum atomic E-state index is -0.729. The maximum Gasteiger partial charge on any atom is 0.261 e. The Labute approximate surface area is 168 Å². The summed E-state index contributed by atoms with van der Waals surface area (Å²) < 4.78 is 7.64. The topological polar surface area (TPSA) is 92.0 Å². The lowest BCUT2D eigenvalue weighted by Gasteiger charge is -2.46. The predicted octanol–water partition coefficient (Wildman–Crippen LogP) is 2.27. The zero-order valence-electron chi connectivity index (χ0n) is 16.6. The highest BCUT2D eigenvalue weighted by molar-refractivity contribution is 6.09. The van der Waals surface area contributed by atoms with Crippen molar-refractivity contribution in [1.82, 2.24) is 14.6 Å². The van der Waals surface area contributed by atoms with E-state index in [-0.39, 0.29) is 11.5 Å². The molecule has 0 unspecified atom stereocenters. The van der Waals surface area contributed by atoms with Gasteiger partial charge in [-0.15, -0.1) is 0 Å². The number of hydrogen-bond donors (Lipinski definition) is 2. The van der Waals surface area contributed by atoms with Gasteiger partial charge in [0.1, 0.15) is 16.9 Å². The molecule has 8 nitrogen and oxygen atoms in total. The summed E-state index contributed by atoms with van der Waals surface area (Å²) in [5, 5.41) is 17.4. The van der Waals surface area contributed by atoms with Crippen LogP contribution in [0, 0.1) is 0 Å². The van der Waals surface area contributed by atoms with Gasteiger partial charge in [0.2, 0.25) is 0 Å². The molecule has 0 radical (unpaired) electrons. The van der Waals surface area contributed by atoms with Gasteiger partial charge in [0.05, 0.1) is 23.2 Å². The van der Waals surface area contributed by atoms with Crippen LogP contribution in [0.5, 0.6) is 5.75 Å². The van der Waals surface area contributed by atoms with Crippen LogP contribution in [0.2, 0.25) is 0 Å². The Morgan fingerprint density at radius 1 is 1.28 bits per heavy atom. The molecule has 2 aliphatic heterocycles. The number of nitrogens with zero attached hydrogens (tertiary/aromatic N) is 4. The Balaban J connectivity index is 1.51. The quantitative estimate of drug-likeness (QED) is 0.709. The maximum atomic E-state index is 13.0. The second kappa shape index (κ2) is 5.93. The van der Waals surface area contributed by atoms with Crippen LogP contribution in [-0.2, 0) is 6.42 Å². The average molecular weight is 393 g/mol. The largest absolute Gasteiger partial charge is 0.487 e. The van der Waals surface area contributed by atoms with Gasteiger partial charge in [0, 0.05) is 43.5 Å². The Hall–Kier alpha value is -3.13. The zero-order valence-corrected chi connectivity index (χ0v) is 16.6. The first-order valence-corrected chi connectivity index (χ1v) is 9.64. The lowest BCUT2D eigenvalue weighted by Crippen LogP contribution is -2.60. The van der Waals surface area contributed by atoms with Gasteiger partial charge in [-0.3, -0.25) is 4.79 Å². The van der Waals surface area contributed by atoms with Crippen LogP contribution >= 0.6 is 0 Å². The second-order valence-electron chi connectivity index (χ2n) is 8.77. The van der Waals surface area contributed by atoms with Crippen molar-refractivity contribution in [2.45, 2.75) is 38.4 Å². The summed E-state index contributed by atoms with van der Waals surface area (Å²) in [6.07, 6.45) is 5.67. The van der Waals surface area contributed by atoms with Crippen molar-refractivity contribution in [3.63, 3.8) is 0 Å². The molecule has 150 valence electrons. The van der Waals surface area contributed by atoms with Crippen LogP contribution in [0.3, 0.4) is 0 Å². The van der Waals surface area contributed by atoms with E-state index >= 15 is 0 Å². The third-order valence-electron chi connectivity index (χ3n) is 5.36. The normalized spacial score (nSPS) is 18.8. The first-order valence-electron chi connectivity index (χ1n) is 9.64. The van der Waals surface area contributed by atoms with Gasteiger partial charge in [-0.25, -0.2) is 9.50 Å². The Morgan fingerprint density at radius 3 is 2.83 bits per heavy atom. The molecule has 3 aromatic rings. The summed E-state index contributed by atoms with van der Waals surface area (Å²) in [5.74, 6) is 0.553. The van der Waals surface area contributed by atoms with Crippen molar-refractivity contribution in [1.29, 1.82) is 0 Å². The number of ether oxygens (including phenoxy) is 1. The van der Waals surface area contributed by atoms with Crippen molar-refractivity contribution in [2.24, 2.45) is 0 Å². The summed E-state index contributed by atoms with van der Waals surface area (Å²) in [6.45, 7) is 6.89. The molecule has 0 aliphatic carbocycles. The van der Waals surface area contributed by atoms with Gasteiger partial charge in [0.25, 0.3) is 5.91 Å². The lowest BCUT2D eigenvalue weighted by atomic mass is 9.94. The molecular formula is C21H23N5O3. The van der Waals surface area contributed by atoms with E-state index < -0.39 is 5.60 Å². The smallest absolute Gasteiger partial charge is 0.261 e. The van der Waals surface area contributed by atoms with Crippen LogP contribution in [0.15, 0.2) is 36.8 Å². The molecule has 2 aliphatic rings. The van der Waals surface area contributed by atoms with Crippen molar-refractivity contribution in [3.05, 3.63) is 47.9 Å². The summed E-state index contributed by atoms with van der Waals surface area (Å²) >= 11 is 0. The standard InChI is InChI=1S/C21H23N5O3/c1-20(2)9-13-7-15(16(8-17(13)29-20)25-11-21(3,28)12-25)24-19(27)14-10-23-26-6-4-5-22-18(14)26/h4-8,10,28H,9,11-12H2,1-3H3,(H,24,27). The number of aliphatic hydroxyl groups is 1. The summed E-state index contributed by atoms with van der Waals surface area (Å²) in [4.78, 5) is 19.3. The van der Waals surface area contributed by atoms with Crippen LogP contribution in [-0.4, -0.2) is 49.9 Å². The molecule has 0 spiro atoms. The fourth-order valence-electron chi connectivity index (χ4n) is 4.12. The van der Waals surface area contributed by atoms with Crippen molar-refractivity contribution in [2.75, 3.05) is 23.3 Å². The van der Waals surface area contributed by atoms with E-state index in [9.17, 15) is 9.90 Å². The maximum absolute atomic E-state index is 13.0. The first-order chi connectivity index (χ1) is 13.7. The molecule has 0 bridgehead atoms. The van der Waals surface area contributed by atoms with Crippen LogP contribution in [0.4, 0.5) is 11.4 Å². The van der Waals surface area contributed by atoms with Gasteiger partial charge < -0.3 is 20.1 Å². The number of carbonyl (C=O) groups excluding carboxylic acids is 1. The van der Waals surface area contributed by atoms with E-state index in [1.54, 1.807) is 29.9 Å². The van der Waals surface area contributed by atoms with Gasteiger partial charge >= 0.3 is 0 Å². The molecule has 4 heterocycles. The molecule has 1 aromatic carbocycles. The first kappa shape index (κ1) is 17.9. The van der Waals surface area contributed by atoms with E-state index in [1.165, 1.54) is 6.20 Å². The molecule has 2 N–H and O–H groups in total. The highest BCUT2D eigenvalue weighted by Gasteiger charge is 2.39. The summed E-state index contributed by atoms with van der Waals surface area (Å²) in [5.41, 5.74) is 2.49. The van der Waals surface area contributed by atoms with E-state index in [4.69, 9.17) is 4.74 Å². The van der Waals surface area contributed by atoms with Gasteiger partial charge in [-0.1, -0.05) is 0 Å². The number of benzene rings is 1. The number of rotatable bonds is 3. The molecule has 0 atom stereocenters. The van der Waals surface area contributed by atoms with Crippen LogP contribution in [0.1, 0.15) is 36.7 Å². The van der Waals surface area contributed by atoms with E-state index in [2.05, 4.69) is 15.4 Å². The molecule has 8 heteroatoms. The highest BCUT2D eigenvalue weighted by Crippen LogP contribution is 2.43. The molecule has 2 aromatic heterocycles. The van der Waals surface area contributed by atoms with Gasteiger partial charge in [0.15, 0.2) is 5.65 Å². The molecule has 1 saturated heterocycles. The van der Waals surface area contributed by atoms with E-state index in [1.807, 2.05) is 30.9 Å². The molecule has 5 rings (SSSR count). The third-order valence-corrected chi connectivity index (χ3v) is 5.36. The summed E-state index contributed by atoms with van der Waals surface area (Å²) in [6, 6.07) is 5.70. The Bertz CT molecular complexity index is 1130. The number of carbonyl (C=O) groups is 1. The number of anilines is 2. The van der Waals surface area contributed by atoms with Crippen molar-refractivity contribution < 1.29 is 14.6 Å². The monoisotopic (exact) mass is 393 g/mol. The minimum absolute atomic E-state index is 0.273. The van der Waals surface area contributed by atoms with Crippen LogP contribution < -0.4 is 15.0 Å². The van der Waals surface area contributed by atoms with Crippen molar-refractivity contribution >= 4 is 22.9 Å². The van der Waals surface area contributed by atoms with Gasteiger partial charge in [-0.05, 0) is 32.9 Å². The zero-order chi connectivity index (χ0) is 20.4. The number of aromatic nitrogens is 3. The molecule has 29 heavy (non-hydrogen) atoms. The Kier molecular flexibility index (Phi) is 3.67. The van der Waals surface area contributed by atoms with Crippen molar-refractivity contribution in [3.8, 4) is 5.75 Å². The molecular weight excluding hydrogens is 370 g/mol. The van der Waals surface area contributed by atoms with E-state index in [0.717, 1.165) is 23.4 Å². The summed E-state index contributed by atoms with van der Waals surface area (Å²) in [7, 11) is 0. The lowest BCUT2D eigenvalue weighted by molar-refractivity contribution is 0.0310. The fourth-order valence-corrected chi connectivity index (χ4v) is 4.12. The number of hydrogen-bond acceptors (Lipinski definition) is 6. The van der Waals surface area contributed by atoms with E-state index in [0.29, 0.717) is 30.0 Å². The molecule has 1 fully saturated rings. The second-order valence-corrected chi connectivity index (χ2v) is 8.77. The molecule has 0 saturated carbocycles. The fraction of sp³-hybridized carbons (Fsp3) is 0.381. The van der Waals surface area contributed by atoms with Crippen LogP contribution in [0.25, 0.3) is 5.65 Å². The number of fused-ring (bicyclic) bond motifs is 2. The molecule has 1 amide bonds. The highest BCUT2D eigenvalue weighted by atomic mass is 16.5. The number of β-amino-alcohol motifs (C(OH)–C–C–N with tert-alkyl or cyclic N) is 1. The number of nitrogens with one attached hydrogen (secondary N) is 1. The minimum Gasteiger partial charge on any atom is -0.487 e. The average Bonchev–Trinajstić information content (AvgIpc) is 3.17. The Morgan fingerprint density at radius 2 is 2.07 bits per heavy atom.